The van der Waals surface area contributed by atoms with E-state index in [2.05, 4.69) is 16.7 Å². The molecule has 2 N–H and O–H groups in total. The Bertz CT molecular complexity index is 471. The standard InChI is InChI=1S/C15H19ClN2O2/c16-13-1-3-14(4-2-13)20-11-15(19)18-10-7-12-5-8-17-9-6-12/h1-5,17H,6-11H2,(H,18,19). The van der Waals surface area contributed by atoms with Gasteiger partial charge in [0.2, 0.25) is 0 Å². The van der Waals surface area contributed by atoms with E-state index >= 15 is 0 Å². The summed E-state index contributed by atoms with van der Waals surface area (Å²) in [7, 11) is 0. The highest BCUT2D eigenvalue weighted by Gasteiger charge is 2.05. The maximum atomic E-state index is 11.6. The van der Waals surface area contributed by atoms with E-state index in [1.807, 2.05) is 0 Å². The lowest BCUT2D eigenvalue weighted by molar-refractivity contribution is -0.123. The first-order chi connectivity index (χ1) is 9.74. The summed E-state index contributed by atoms with van der Waals surface area (Å²) in [4.78, 5) is 11.6. The molecule has 0 spiro atoms. The molecule has 4 nitrogen and oxygen atoms in total. The summed E-state index contributed by atoms with van der Waals surface area (Å²) in [5.74, 6) is 0.542. The number of hydrogen-bond acceptors (Lipinski definition) is 3. The van der Waals surface area contributed by atoms with Crippen LogP contribution >= 0.6 is 11.6 Å². The Labute approximate surface area is 124 Å². The zero-order valence-electron chi connectivity index (χ0n) is 11.3. The number of benzene rings is 1. The normalized spacial score (nSPS) is 14.6. The number of amides is 1. The Kier molecular flexibility index (Phi) is 5.89. The number of carbonyl (C=O) groups excluding carboxylic acids is 1. The van der Waals surface area contributed by atoms with Gasteiger partial charge in [0.1, 0.15) is 5.75 Å². The number of ether oxygens (including phenoxy) is 1. The highest BCUT2D eigenvalue weighted by Crippen LogP contribution is 2.15. The monoisotopic (exact) mass is 294 g/mol. The number of hydrogen-bond donors (Lipinski definition) is 2. The summed E-state index contributed by atoms with van der Waals surface area (Å²) < 4.78 is 5.37. The number of halogens is 1. The minimum atomic E-state index is -0.102. The van der Waals surface area contributed by atoms with Crippen LogP contribution in [0.5, 0.6) is 5.75 Å². The average molecular weight is 295 g/mol. The van der Waals surface area contributed by atoms with Crippen molar-refractivity contribution < 1.29 is 9.53 Å². The van der Waals surface area contributed by atoms with Crippen molar-refractivity contribution in [1.29, 1.82) is 0 Å². The van der Waals surface area contributed by atoms with Gasteiger partial charge >= 0.3 is 0 Å². The molecule has 0 atom stereocenters. The summed E-state index contributed by atoms with van der Waals surface area (Å²) >= 11 is 5.77. The number of nitrogens with one attached hydrogen (secondary N) is 2. The van der Waals surface area contributed by atoms with Crippen molar-refractivity contribution >= 4 is 17.5 Å². The largest absolute Gasteiger partial charge is 0.484 e. The third-order valence-electron chi connectivity index (χ3n) is 3.11. The van der Waals surface area contributed by atoms with Crippen LogP contribution in [0.25, 0.3) is 0 Å². The van der Waals surface area contributed by atoms with Gasteiger partial charge in [0.05, 0.1) is 0 Å². The maximum absolute atomic E-state index is 11.6. The van der Waals surface area contributed by atoms with E-state index in [1.54, 1.807) is 24.3 Å². The molecule has 0 unspecified atom stereocenters. The molecule has 1 amide bonds. The molecule has 1 aromatic rings. The molecular weight excluding hydrogens is 276 g/mol. The van der Waals surface area contributed by atoms with Crippen molar-refractivity contribution in [3.8, 4) is 5.75 Å². The van der Waals surface area contributed by atoms with Crippen LogP contribution in [0.1, 0.15) is 12.8 Å². The first-order valence-corrected chi connectivity index (χ1v) is 7.15. The lowest BCUT2D eigenvalue weighted by Gasteiger charge is -2.14. The minimum absolute atomic E-state index is 0.0300. The molecule has 1 heterocycles. The van der Waals surface area contributed by atoms with E-state index in [4.69, 9.17) is 16.3 Å². The molecule has 2 rings (SSSR count). The number of carbonyl (C=O) groups is 1. The molecule has 0 aromatic heterocycles. The lowest BCUT2D eigenvalue weighted by Crippen LogP contribution is -2.30. The fourth-order valence-corrected chi connectivity index (χ4v) is 2.12. The molecule has 5 heteroatoms. The van der Waals surface area contributed by atoms with Crippen molar-refractivity contribution in [2.24, 2.45) is 0 Å². The fourth-order valence-electron chi connectivity index (χ4n) is 1.99. The van der Waals surface area contributed by atoms with Gasteiger partial charge in [0, 0.05) is 18.1 Å². The van der Waals surface area contributed by atoms with Crippen molar-refractivity contribution in [3.63, 3.8) is 0 Å². The molecule has 20 heavy (non-hydrogen) atoms. The van der Waals surface area contributed by atoms with Crippen LogP contribution in [0.4, 0.5) is 0 Å². The Hall–Kier alpha value is -1.52. The van der Waals surface area contributed by atoms with E-state index in [0.29, 0.717) is 17.3 Å². The topological polar surface area (TPSA) is 50.4 Å². The molecule has 0 radical (unpaired) electrons. The van der Waals surface area contributed by atoms with E-state index in [0.717, 1.165) is 25.9 Å². The van der Waals surface area contributed by atoms with Gasteiger partial charge in [-0.3, -0.25) is 4.79 Å². The predicted octanol–water partition coefficient (Wildman–Crippen LogP) is 2.14. The SMILES string of the molecule is O=C(COc1ccc(Cl)cc1)NCCC1=CCNCC1. The smallest absolute Gasteiger partial charge is 0.257 e. The third-order valence-corrected chi connectivity index (χ3v) is 3.36. The molecule has 1 aliphatic heterocycles. The maximum Gasteiger partial charge on any atom is 0.257 e. The van der Waals surface area contributed by atoms with Crippen LogP contribution in [0.15, 0.2) is 35.9 Å². The van der Waals surface area contributed by atoms with Crippen LogP contribution < -0.4 is 15.4 Å². The molecule has 0 bridgehead atoms. The summed E-state index contributed by atoms with van der Waals surface area (Å²) in [6, 6.07) is 6.96. The summed E-state index contributed by atoms with van der Waals surface area (Å²) in [5.41, 5.74) is 1.41. The quantitative estimate of drug-likeness (QED) is 0.791. The molecule has 0 saturated heterocycles. The second-order valence-corrected chi connectivity index (χ2v) is 5.10. The van der Waals surface area contributed by atoms with Crippen LogP contribution in [0, 0.1) is 0 Å². The van der Waals surface area contributed by atoms with Gasteiger partial charge < -0.3 is 15.4 Å². The molecule has 0 saturated carbocycles. The van der Waals surface area contributed by atoms with Crippen molar-refractivity contribution in [2.45, 2.75) is 12.8 Å². The van der Waals surface area contributed by atoms with Crippen LogP contribution in [-0.2, 0) is 4.79 Å². The highest BCUT2D eigenvalue weighted by atomic mass is 35.5. The predicted molar refractivity (Wildman–Crippen MR) is 80.1 cm³/mol. The van der Waals surface area contributed by atoms with Crippen molar-refractivity contribution in [2.75, 3.05) is 26.2 Å². The van der Waals surface area contributed by atoms with E-state index in [-0.39, 0.29) is 12.5 Å². The molecule has 0 fully saturated rings. The molecule has 1 aliphatic rings. The van der Waals surface area contributed by atoms with Gasteiger partial charge in [-0.2, -0.15) is 0 Å². The lowest BCUT2D eigenvalue weighted by atomic mass is 10.1. The fraction of sp³-hybridized carbons (Fsp3) is 0.400. The van der Waals surface area contributed by atoms with Crippen molar-refractivity contribution in [3.05, 3.63) is 40.9 Å². The Balaban J connectivity index is 1.62. The molecule has 108 valence electrons. The molecule has 1 aromatic carbocycles. The first kappa shape index (κ1) is 14.9. The Morgan fingerprint density at radius 3 is 2.85 bits per heavy atom. The zero-order chi connectivity index (χ0) is 14.2. The minimum Gasteiger partial charge on any atom is -0.484 e. The van der Waals surface area contributed by atoms with Gasteiger partial charge in [-0.05, 0) is 43.7 Å². The molecular formula is C15H19ClN2O2. The van der Waals surface area contributed by atoms with Crippen molar-refractivity contribution in [1.82, 2.24) is 10.6 Å². The third kappa shape index (κ3) is 5.23. The second-order valence-electron chi connectivity index (χ2n) is 4.66. The van der Waals surface area contributed by atoms with Crippen LogP contribution in [-0.4, -0.2) is 32.1 Å². The van der Waals surface area contributed by atoms with Gasteiger partial charge in [0.15, 0.2) is 6.61 Å². The van der Waals surface area contributed by atoms with E-state index < -0.39 is 0 Å². The average Bonchev–Trinajstić information content (AvgIpc) is 2.48. The zero-order valence-corrected chi connectivity index (χ0v) is 12.1. The molecule has 0 aliphatic carbocycles. The van der Waals surface area contributed by atoms with E-state index in [9.17, 15) is 4.79 Å². The van der Waals surface area contributed by atoms with Crippen LogP contribution in [0.3, 0.4) is 0 Å². The summed E-state index contributed by atoms with van der Waals surface area (Å²) in [6.45, 7) is 2.65. The van der Waals surface area contributed by atoms with Gasteiger partial charge in [-0.15, -0.1) is 0 Å². The second kappa shape index (κ2) is 7.92. The Morgan fingerprint density at radius 1 is 1.35 bits per heavy atom. The Morgan fingerprint density at radius 2 is 2.15 bits per heavy atom. The summed E-state index contributed by atoms with van der Waals surface area (Å²) in [5, 5.41) is 6.77. The highest BCUT2D eigenvalue weighted by molar-refractivity contribution is 6.30. The van der Waals surface area contributed by atoms with Gasteiger partial charge in [-0.1, -0.05) is 23.3 Å². The first-order valence-electron chi connectivity index (χ1n) is 6.78. The van der Waals surface area contributed by atoms with Crippen LogP contribution in [0.2, 0.25) is 5.02 Å². The van der Waals surface area contributed by atoms with Gasteiger partial charge in [-0.25, -0.2) is 0 Å². The summed E-state index contributed by atoms with van der Waals surface area (Å²) in [6.07, 6.45) is 4.17. The van der Waals surface area contributed by atoms with Gasteiger partial charge in [0.25, 0.3) is 5.91 Å². The van der Waals surface area contributed by atoms with E-state index in [1.165, 1.54) is 5.57 Å². The number of rotatable bonds is 6.